The molecular formula is C24H27N3O5. The number of hydrogen-bond acceptors (Lipinski definition) is 7. The number of benzene rings is 2. The highest BCUT2D eigenvalue weighted by molar-refractivity contribution is 5.71. The van der Waals surface area contributed by atoms with E-state index in [1.807, 2.05) is 63.2 Å². The molecule has 2 aromatic carbocycles. The Balaban J connectivity index is 1.45. The van der Waals surface area contributed by atoms with Gasteiger partial charge in [0.05, 0.1) is 18.6 Å². The van der Waals surface area contributed by atoms with E-state index in [2.05, 4.69) is 15.0 Å². The number of carboxylic acid groups (broad SMARTS) is 1. The van der Waals surface area contributed by atoms with Crippen LogP contribution in [0.5, 0.6) is 11.5 Å². The van der Waals surface area contributed by atoms with Crippen LogP contribution in [0.15, 0.2) is 47.0 Å². The van der Waals surface area contributed by atoms with Crippen molar-refractivity contribution in [3.8, 4) is 34.3 Å². The van der Waals surface area contributed by atoms with Gasteiger partial charge in [0.2, 0.25) is 5.82 Å². The molecule has 0 aliphatic carbocycles. The summed E-state index contributed by atoms with van der Waals surface area (Å²) in [4.78, 5) is 17.6. The third kappa shape index (κ3) is 4.91. The summed E-state index contributed by atoms with van der Waals surface area (Å²) in [6.07, 6.45) is 0.0412. The van der Waals surface area contributed by atoms with Crippen molar-refractivity contribution < 1.29 is 23.9 Å². The summed E-state index contributed by atoms with van der Waals surface area (Å²) in [7, 11) is 0. The molecule has 3 aromatic rings. The van der Waals surface area contributed by atoms with Crippen LogP contribution in [0.3, 0.4) is 0 Å². The van der Waals surface area contributed by atoms with E-state index in [4.69, 9.17) is 19.1 Å². The topological polar surface area (TPSA) is 97.9 Å². The maximum Gasteiger partial charge on any atom is 0.309 e. The normalized spacial score (nSPS) is 14.4. The highest BCUT2D eigenvalue weighted by Crippen LogP contribution is 2.33. The Hall–Kier alpha value is -3.39. The summed E-state index contributed by atoms with van der Waals surface area (Å²) in [6, 6.07) is 13.5. The predicted molar refractivity (Wildman–Crippen MR) is 119 cm³/mol. The van der Waals surface area contributed by atoms with E-state index in [0.29, 0.717) is 42.9 Å². The molecule has 1 fully saturated rings. The average Bonchev–Trinajstić information content (AvgIpc) is 3.22. The molecule has 0 bridgehead atoms. The zero-order valence-electron chi connectivity index (χ0n) is 18.4. The number of rotatable bonds is 9. The number of aromatic nitrogens is 2. The van der Waals surface area contributed by atoms with Crippen LogP contribution in [-0.2, 0) is 11.3 Å². The molecule has 0 unspecified atom stereocenters. The Kier molecular flexibility index (Phi) is 6.41. The van der Waals surface area contributed by atoms with Gasteiger partial charge in [-0.2, -0.15) is 4.98 Å². The fourth-order valence-corrected chi connectivity index (χ4v) is 3.59. The first kappa shape index (κ1) is 21.8. The van der Waals surface area contributed by atoms with E-state index in [1.165, 1.54) is 0 Å². The first-order chi connectivity index (χ1) is 15.4. The first-order valence-corrected chi connectivity index (χ1v) is 10.7. The summed E-state index contributed by atoms with van der Waals surface area (Å²) in [5, 5.41) is 13.1. The molecule has 2 heterocycles. The fraction of sp³-hybridized carbons (Fsp3) is 0.375. The smallest absolute Gasteiger partial charge is 0.309 e. The molecule has 0 spiro atoms. The van der Waals surface area contributed by atoms with Crippen molar-refractivity contribution >= 4 is 5.97 Å². The molecule has 1 N–H and O–H groups in total. The van der Waals surface area contributed by atoms with Crippen LogP contribution in [0.25, 0.3) is 22.8 Å². The third-order valence-electron chi connectivity index (χ3n) is 5.20. The van der Waals surface area contributed by atoms with Gasteiger partial charge in [-0.1, -0.05) is 17.3 Å². The average molecular weight is 437 g/mol. The molecule has 8 heteroatoms. The predicted octanol–water partition coefficient (Wildman–Crippen LogP) is 4.11. The van der Waals surface area contributed by atoms with Crippen LogP contribution in [0, 0.1) is 5.92 Å². The third-order valence-corrected chi connectivity index (χ3v) is 5.20. The second-order valence-corrected chi connectivity index (χ2v) is 8.11. The van der Waals surface area contributed by atoms with Crippen molar-refractivity contribution in [2.24, 2.45) is 5.92 Å². The molecule has 0 saturated carbocycles. The number of aliphatic carboxylic acids is 1. The maximum absolute atomic E-state index is 10.9. The summed E-state index contributed by atoms with van der Waals surface area (Å²) in [5.41, 5.74) is 2.71. The molecule has 0 atom stereocenters. The molecular weight excluding hydrogens is 410 g/mol. The largest absolute Gasteiger partial charge is 0.490 e. The van der Waals surface area contributed by atoms with Crippen LogP contribution in [0.2, 0.25) is 0 Å². The summed E-state index contributed by atoms with van der Waals surface area (Å²) >= 11 is 0. The van der Waals surface area contributed by atoms with E-state index in [9.17, 15) is 4.79 Å². The van der Waals surface area contributed by atoms with Gasteiger partial charge in [0.15, 0.2) is 11.5 Å². The lowest BCUT2D eigenvalue weighted by Gasteiger charge is -2.36. The van der Waals surface area contributed by atoms with Gasteiger partial charge >= 0.3 is 5.97 Å². The lowest BCUT2D eigenvalue weighted by Crippen LogP contribution is -2.49. The molecule has 1 saturated heterocycles. The zero-order chi connectivity index (χ0) is 22.7. The molecule has 0 radical (unpaired) electrons. The number of hydrogen-bond donors (Lipinski definition) is 1. The van der Waals surface area contributed by atoms with Crippen molar-refractivity contribution in [3.05, 3.63) is 48.0 Å². The second-order valence-electron chi connectivity index (χ2n) is 8.11. The number of nitrogens with zero attached hydrogens (tertiary/aromatic N) is 3. The van der Waals surface area contributed by atoms with Crippen LogP contribution < -0.4 is 9.47 Å². The van der Waals surface area contributed by atoms with Gasteiger partial charge in [0.25, 0.3) is 5.89 Å². The van der Waals surface area contributed by atoms with Crippen LogP contribution in [0.4, 0.5) is 0 Å². The van der Waals surface area contributed by atoms with Gasteiger partial charge < -0.3 is 19.1 Å². The van der Waals surface area contributed by atoms with Crippen molar-refractivity contribution in [1.82, 2.24) is 15.0 Å². The van der Waals surface area contributed by atoms with Crippen molar-refractivity contribution in [2.75, 3.05) is 19.7 Å². The van der Waals surface area contributed by atoms with E-state index >= 15 is 0 Å². The lowest BCUT2D eigenvalue weighted by atomic mass is 9.99. The van der Waals surface area contributed by atoms with Crippen molar-refractivity contribution in [1.29, 1.82) is 0 Å². The van der Waals surface area contributed by atoms with Crippen molar-refractivity contribution in [3.63, 3.8) is 0 Å². The molecule has 1 aliphatic rings. The Morgan fingerprint density at radius 2 is 1.88 bits per heavy atom. The number of likely N-dealkylation sites (tertiary alicyclic amines) is 1. The maximum atomic E-state index is 10.9. The van der Waals surface area contributed by atoms with Gasteiger partial charge in [-0.25, -0.2) is 0 Å². The molecule has 1 aliphatic heterocycles. The Labute approximate surface area is 186 Å². The monoisotopic (exact) mass is 437 g/mol. The fourth-order valence-electron chi connectivity index (χ4n) is 3.59. The van der Waals surface area contributed by atoms with E-state index in [1.54, 1.807) is 0 Å². The van der Waals surface area contributed by atoms with Gasteiger partial charge in [0.1, 0.15) is 0 Å². The highest BCUT2D eigenvalue weighted by Gasteiger charge is 2.32. The van der Waals surface area contributed by atoms with E-state index in [0.717, 1.165) is 23.2 Å². The molecule has 1 aromatic heterocycles. The molecule has 0 amide bonds. The molecule has 4 rings (SSSR count). The van der Waals surface area contributed by atoms with Gasteiger partial charge in [-0.15, -0.1) is 0 Å². The van der Waals surface area contributed by atoms with E-state index < -0.39 is 5.97 Å². The van der Waals surface area contributed by atoms with Gasteiger partial charge in [-0.3, -0.25) is 9.69 Å². The minimum atomic E-state index is -0.723. The summed E-state index contributed by atoms with van der Waals surface area (Å²) in [5.74, 6) is 1.26. The van der Waals surface area contributed by atoms with E-state index in [-0.39, 0.29) is 12.0 Å². The highest BCUT2D eigenvalue weighted by atomic mass is 16.5. The first-order valence-electron chi connectivity index (χ1n) is 10.7. The minimum absolute atomic E-state index is 0.0412. The second kappa shape index (κ2) is 9.40. The lowest BCUT2D eigenvalue weighted by molar-refractivity contribution is -0.147. The molecule has 168 valence electrons. The summed E-state index contributed by atoms with van der Waals surface area (Å²) in [6.45, 7) is 8.30. The van der Waals surface area contributed by atoms with Crippen LogP contribution in [-0.4, -0.2) is 51.9 Å². The molecule has 32 heavy (non-hydrogen) atoms. The summed E-state index contributed by atoms with van der Waals surface area (Å²) < 4.78 is 17.0. The quantitative estimate of drug-likeness (QED) is 0.534. The number of carbonyl (C=O) groups is 1. The Morgan fingerprint density at radius 3 is 2.53 bits per heavy atom. The van der Waals surface area contributed by atoms with Gasteiger partial charge in [-0.05, 0) is 56.7 Å². The van der Waals surface area contributed by atoms with Crippen molar-refractivity contribution in [2.45, 2.75) is 33.4 Å². The number of carboxylic acids is 1. The SMILES string of the molecule is CCOc1cc(-c2noc(-c3ccc(CN4CC(C(=O)O)C4)cc3)n2)ccc1OC(C)C. The standard InChI is InChI=1S/C24H27N3O5/c1-4-30-21-11-18(9-10-20(21)31-15(2)3)22-25-23(32-26-22)17-7-5-16(6-8-17)12-27-13-19(14-27)24(28)29/h5-11,15,19H,4,12-14H2,1-3H3,(H,28,29). The zero-order valence-corrected chi connectivity index (χ0v) is 18.4. The molecule has 8 nitrogen and oxygen atoms in total. The number of ether oxygens (including phenoxy) is 2. The van der Waals surface area contributed by atoms with Crippen LogP contribution >= 0.6 is 0 Å². The minimum Gasteiger partial charge on any atom is -0.490 e. The Bertz CT molecular complexity index is 1070. The van der Waals surface area contributed by atoms with Gasteiger partial charge in [0, 0.05) is 30.8 Å². The van der Waals surface area contributed by atoms with Crippen LogP contribution in [0.1, 0.15) is 26.3 Å². The Morgan fingerprint density at radius 1 is 1.16 bits per heavy atom.